The molecule has 0 radical (unpaired) electrons. The summed E-state index contributed by atoms with van der Waals surface area (Å²) < 4.78 is 9.90. The van der Waals surface area contributed by atoms with Crippen molar-refractivity contribution in [3.8, 4) is 11.1 Å². The number of aliphatic hydroxyl groups is 3. The Morgan fingerprint density at radius 1 is 0.857 bits per heavy atom. The number of carboxylic acids is 1. The van der Waals surface area contributed by atoms with E-state index < -0.39 is 42.6 Å². The van der Waals surface area contributed by atoms with Crippen LogP contribution < -0.4 is 0 Å². The first-order valence-electron chi connectivity index (χ1n) is 8.63. The zero-order valence-corrected chi connectivity index (χ0v) is 14.7. The van der Waals surface area contributed by atoms with Crippen molar-refractivity contribution < 1.29 is 39.5 Å². The van der Waals surface area contributed by atoms with E-state index in [0.29, 0.717) is 5.56 Å². The van der Waals surface area contributed by atoms with Crippen LogP contribution in [0.25, 0.3) is 11.1 Å². The molecule has 1 saturated heterocycles. The van der Waals surface area contributed by atoms with Gasteiger partial charge in [-0.15, -0.1) is 0 Å². The van der Waals surface area contributed by atoms with Crippen LogP contribution in [0.2, 0.25) is 0 Å². The third kappa shape index (κ3) is 4.37. The van der Waals surface area contributed by atoms with Gasteiger partial charge in [0, 0.05) is 0 Å². The Labute approximate surface area is 160 Å². The third-order valence-corrected chi connectivity index (χ3v) is 4.47. The van der Waals surface area contributed by atoms with Gasteiger partial charge in [0.1, 0.15) is 18.3 Å². The molecular weight excluding hydrogens is 368 g/mol. The second kappa shape index (κ2) is 8.49. The van der Waals surface area contributed by atoms with E-state index in [1.54, 1.807) is 12.1 Å². The molecule has 0 bridgehead atoms. The molecule has 0 aromatic heterocycles. The van der Waals surface area contributed by atoms with Crippen molar-refractivity contribution in [2.24, 2.45) is 0 Å². The molecule has 1 unspecified atom stereocenters. The number of aliphatic hydroxyl groups excluding tert-OH is 3. The van der Waals surface area contributed by atoms with E-state index >= 15 is 0 Å². The normalized spacial score (nSPS) is 27.2. The van der Waals surface area contributed by atoms with Gasteiger partial charge in [0.15, 0.2) is 6.10 Å². The average Bonchev–Trinajstić information content (AvgIpc) is 2.69. The zero-order valence-electron chi connectivity index (χ0n) is 14.7. The lowest BCUT2D eigenvalue weighted by atomic mass is 9.99. The van der Waals surface area contributed by atoms with Crippen LogP contribution in [0.3, 0.4) is 0 Å². The number of hydrogen-bond acceptors (Lipinski definition) is 7. The smallest absolute Gasteiger partial charge is 0.335 e. The number of carbonyl (C=O) groups is 2. The molecule has 0 aliphatic carbocycles. The molecule has 2 aromatic rings. The number of benzene rings is 2. The van der Waals surface area contributed by atoms with Gasteiger partial charge in [-0.1, -0.05) is 54.6 Å². The van der Waals surface area contributed by atoms with Gasteiger partial charge in [0.2, 0.25) is 6.29 Å². The molecule has 1 aliphatic heterocycles. The van der Waals surface area contributed by atoms with Crippen molar-refractivity contribution in [2.45, 2.75) is 37.1 Å². The summed E-state index contributed by atoms with van der Waals surface area (Å²) in [7, 11) is 0. The van der Waals surface area contributed by atoms with E-state index in [0.717, 1.165) is 11.1 Å². The maximum absolute atomic E-state index is 12.1. The van der Waals surface area contributed by atoms with E-state index in [2.05, 4.69) is 0 Å². The fourth-order valence-electron chi connectivity index (χ4n) is 2.93. The number of esters is 1. The summed E-state index contributed by atoms with van der Waals surface area (Å²) in [6.07, 6.45) is -9.09. The van der Waals surface area contributed by atoms with E-state index in [9.17, 15) is 24.9 Å². The highest BCUT2D eigenvalue weighted by Gasteiger charge is 2.48. The van der Waals surface area contributed by atoms with Crippen LogP contribution >= 0.6 is 0 Å². The van der Waals surface area contributed by atoms with Crippen molar-refractivity contribution in [3.05, 3.63) is 60.2 Å². The van der Waals surface area contributed by atoms with Crippen molar-refractivity contribution in [3.63, 3.8) is 0 Å². The summed E-state index contributed by atoms with van der Waals surface area (Å²) in [6, 6.07) is 16.9. The van der Waals surface area contributed by atoms with Crippen LogP contribution in [0, 0.1) is 0 Å². The molecule has 28 heavy (non-hydrogen) atoms. The van der Waals surface area contributed by atoms with Gasteiger partial charge in [-0.05, 0) is 16.7 Å². The van der Waals surface area contributed by atoms with Crippen LogP contribution in [0.5, 0.6) is 0 Å². The molecule has 1 fully saturated rings. The summed E-state index contributed by atoms with van der Waals surface area (Å²) in [5.41, 5.74) is 2.65. The second-order valence-electron chi connectivity index (χ2n) is 6.46. The van der Waals surface area contributed by atoms with Crippen LogP contribution in [-0.2, 0) is 25.5 Å². The monoisotopic (exact) mass is 388 g/mol. The predicted molar refractivity (Wildman–Crippen MR) is 96.0 cm³/mol. The summed E-state index contributed by atoms with van der Waals surface area (Å²) in [5.74, 6) is -2.32. The van der Waals surface area contributed by atoms with E-state index in [1.807, 2.05) is 42.5 Å². The van der Waals surface area contributed by atoms with E-state index in [1.165, 1.54) is 0 Å². The molecule has 1 heterocycles. The lowest BCUT2D eigenvalue weighted by Gasteiger charge is -2.37. The van der Waals surface area contributed by atoms with Gasteiger partial charge < -0.3 is 29.9 Å². The molecule has 1 aliphatic rings. The Hall–Kier alpha value is -2.78. The fraction of sp³-hybridized carbons (Fsp3) is 0.300. The van der Waals surface area contributed by atoms with Gasteiger partial charge in [0.05, 0.1) is 6.42 Å². The molecule has 8 nitrogen and oxygen atoms in total. The third-order valence-electron chi connectivity index (χ3n) is 4.47. The zero-order chi connectivity index (χ0) is 20.3. The fourth-order valence-corrected chi connectivity index (χ4v) is 2.93. The minimum absolute atomic E-state index is 0.141. The molecule has 0 spiro atoms. The van der Waals surface area contributed by atoms with Gasteiger partial charge in [-0.25, -0.2) is 4.79 Å². The van der Waals surface area contributed by atoms with Gasteiger partial charge >= 0.3 is 11.9 Å². The Balaban J connectivity index is 1.62. The largest absolute Gasteiger partial charge is 0.479 e. The number of aliphatic carboxylic acids is 1. The van der Waals surface area contributed by atoms with Crippen molar-refractivity contribution in [1.82, 2.24) is 0 Å². The molecule has 3 rings (SSSR count). The summed E-state index contributed by atoms with van der Waals surface area (Å²) in [5, 5.41) is 38.3. The maximum Gasteiger partial charge on any atom is 0.335 e. The van der Waals surface area contributed by atoms with Gasteiger partial charge in [-0.2, -0.15) is 0 Å². The molecule has 8 heteroatoms. The number of carboxylic acid groups (broad SMARTS) is 1. The minimum atomic E-state index is -1.84. The molecular formula is C20H20O8. The van der Waals surface area contributed by atoms with E-state index in [-0.39, 0.29) is 6.42 Å². The Morgan fingerprint density at radius 2 is 1.46 bits per heavy atom. The van der Waals surface area contributed by atoms with Crippen molar-refractivity contribution in [2.75, 3.05) is 0 Å². The second-order valence-corrected chi connectivity index (χ2v) is 6.46. The highest BCUT2D eigenvalue weighted by atomic mass is 16.7. The molecule has 2 aromatic carbocycles. The summed E-state index contributed by atoms with van der Waals surface area (Å²) in [6.45, 7) is 0. The quantitative estimate of drug-likeness (QED) is 0.539. The van der Waals surface area contributed by atoms with Crippen molar-refractivity contribution >= 4 is 11.9 Å². The summed E-state index contributed by atoms with van der Waals surface area (Å²) in [4.78, 5) is 23.2. The predicted octanol–water partition coefficient (Wildman–Crippen LogP) is 0.331. The van der Waals surface area contributed by atoms with Crippen molar-refractivity contribution in [1.29, 1.82) is 0 Å². The summed E-state index contributed by atoms with van der Waals surface area (Å²) >= 11 is 0. The number of ether oxygens (including phenoxy) is 2. The highest BCUT2D eigenvalue weighted by molar-refractivity contribution is 5.74. The highest BCUT2D eigenvalue weighted by Crippen LogP contribution is 2.23. The number of rotatable bonds is 5. The molecule has 0 saturated carbocycles. The van der Waals surface area contributed by atoms with Crippen LogP contribution in [0.4, 0.5) is 0 Å². The lowest BCUT2D eigenvalue weighted by Crippen LogP contribution is -2.60. The van der Waals surface area contributed by atoms with Gasteiger partial charge in [0.25, 0.3) is 0 Å². The molecule has 5 atom stereocenters. The van der Waals surface area contributed by atoms with Gasteiger partial charge in [-0.3, -0.25) is 4.79 Å². The molecule has 0 amide bonds. The molecule has 4 N–H and O–H groups in total. The van der Waals surface area contributed by atoms with Crippen LogP contribution in [0.15, 0.2) is 54.6 Å². The molecule has 148 valence electrons. The Bertz CT molecular complexity index is 820. The Morgan fingerprint density at radius 3 is 2.07 bits per heavy atom. The maximum atomic E-state index is 12.1. The van der Waals surface area contributed by atoms with Crippen LogP contribution in [0.1, 0.15) is 5.56 Å². The SMILES string of the molecule is O=C(Cc1ccc(-c2ccccc2)cc1)OC1O[C@H](C(=O)O)[C@@H](O)[C@H](O)[C@H]1O. The topological polar surface area (TPSA) is 134 Å². The first-order chi connectivity index (χ1) is 13.4. The number of hydrogen-bond donors (Lipinski definition) is 4. The lowest BCUT2D eigenvalue weighted by molar-refractivity contribution is -0.286. The minimum Gasteiger partial charge on any atom is -0.479 e. The number of carbonyl (C=O) groups excluding carboxylic acids is 1. The first-order valence-corrected chi connectivity index (χ1v) is 8.63. The standard InChI is InChI=1S/C20H20O8/c21-14(27-20-17(24)15(22)16(23)18(28-20)19(25)26)10-11-6-8-13(9-7-11)12-4-2-1-3-5-12/h1-9,15-18,20,22-24H,10H2,(H,25,26)/t15-,16-,17+,18-,20?/m0/s1. The Kier molecular flexibility index (Phi) is 6.05. The van der Waals surface area contributed by atoms with E-state index in [4.69, 9.17) is 14.6 Å². The first kappa shape index (κ1) is 20.0. The van der Waals surface area contributed by atoms with Crippen LogP contribution in [-0.4, -0.2) is 63.1 Å². The average molecular weight is 388 g/mol.